The molecule has 3 aromatic rings. The quantitative estimate of drug-likeness (QED) is 0.573. The lowest BCUT2D eigenvalue weighted by molar-refractivity contribution is -0.120. The van der Waals surface area contributed by atoms with E-state index in [4.69, 9.17) is 0 Å². The highest BCUT2D eigenvalue weighted by molar-refractivity contribution is 9.10. The van der Waals surface area contributed by atoms with Gasteiger partial charge in [0.05, 0.1) is 0 Å². The molecule has 0 fully saturated rings. The van der Waals surface area contributed by atoms with E-state index in [0.717, 1.165) is 22.1 Å². The molecule has 0 radical (unpaired) electrons. The van der Waals surface area contributed by atoms with Crippen molar-refractivity contribution in [2.45, 2.75) is 12.8 Å². The summed E-state index contributed by atoms with van der Waals surface area (Å²) in [6, 6.07) is 16.1. The van der Waals surface area contributed by atoms with Gasteiger partial charge in [-0.2, -0.15) is 0 Å². The predicted molar refractivity (Wildman–Crippen MR) is 102 cm³/mol. The average Bonchev–Trinajstić information content (AvgIpc) is 2.98. The summed E-state index contributed by atoms with van der Waals surface area (Å²) < 4.78 is 1.02. The molecule has 0 aliphatic carbocycles. The molecule has 3 rings (SSSR count). The molecule has 1 aromatic heterocycles. The number of fused-ring (bicyclic) bond motifs is 1. The van der Waals surface area contributed by atoms with Crippen LogP contribution in [0.4, 0.5) is 5.69 Å². The predicted octanol–water partition coefficient (Wildman–Crippen LogP) is 4.09. The maximum Gasteiger partial charge on any atom is 0.221 e. The fourth-order valence-corrected chi connectivity index (χ4v) is 3.08. The maximum absolute atomic E-state index is 11.9. The van der Waals surface area contributed by atoms with Gasteiger partial charge < -0.3 is 15.6 Å². The Labute approximate surface area is 149 Å². The van der Waals surface area contributed by atoms with Crippen LogP contribution in [0.3, 0.4) is 0 Å². The van der Waals surface area contributed by atoms with Crippen LogP contribution >= 0.6 is 15.9 Å². The molecule has 0 unspecified atom stereocenters. The second-order valence-corrected chi connectivity index (χ2v) is 6.56. The van der Waals surface area contributed by atoms with Crippen LogP contribution in [0.5, 0.6) is 0 Å². The fraction of sp³-hybridized carbons (Fsp3) is 0.211. The van der Waals surface area contributed by atoms with Crippen molar-refractivity contribution in [2.24, 2.45) is 0 Å². The van der Waals surface area contributed by atoms with Gasteiger partial charge in [-0.15, -0.1) is 0 Å². The van der Waals surface area contributed by atoms with Crippen molar-refractivity contribution in [3.8, 4) is 0 Å². The summed E-state index contributed by atoms with van der Waals surface area (Å²) in [4.78, 5) is 15.2. The number of halogens is 1. The molecule has 0 atom stereocenters. The molecule has 5 heteroatoms. The fourth-order valence-electron chi connectivity index (χ4n) is 2.68. The first-order chi connectivity index (χ1) is 11.7. The van der Waals surface area contributed by atoms with E-state index in [9.17, 15) is 4.79 Å². The minimum absolute atomic E-state index is 0.0670. The lowest BCUT2D eigenvalue weighted by Crippen LogP contribution is -2.27. The maximum atomic E-state index is 11.9. The summed E-state index contributed by atoms with van der Waals surface area (Å²) in [5.41, 5.74) is 3.38. The molecule has 1 heterocycles. The summed E-state index contributed by atoms with van der Waals surface area (Å²) in [5, 5.41) is 7.45. The van der Waals surface area contributed by atoms with Crippen molar-refractivity contribution in [3.05, 3.63) is 64.8 Å². The molecule has 0 saturated heterocycles. The van der Waals surface area contributed by atoms with E-state index < -0.39 is 0 Å². The van der Waals surface area contributed by atoms with E-state index in [2.05, 4.69) is 43.7 Å². The second-order valence-electron chi connectivity index (χ2n) is 5.65. The van der Waals surface area contributed by atoms with Gasteiger partial charge in [-0.3, -0.25) is 4.79 Å². The Balaban J connectivity index is 1.40. The van der Waals surface area contributed by atoms with E-state index in [0.29, 0.717) is 19.5 Å². The Morgan fingerprint density at radius 1 is 1.08 bits per heavy atom. The molecule has 0 aliphatic heterocycles. The molecule has 3 N–H and O–H groups in total. The lowest BCUT2D eigenvalue weighted by atomic mass is 10.1. The molecular weight excluding hydrogens is 366 g/mol. The van der Waals surface area contributed by atoms with Gasteiger partial charge in [0, 0.05) is 46.8 Å². The third-order valence-electron chi connectivity index (χ3n) is 3.90. The monoisotopic (exact) mass is 385 g/mol. The molecule has 1 amide bonds. The molecular formula is C19H20BrN3O. The highest BCUT2D eigenvalue weighted by Crippen LogP contribution is 2.17. The van der Waals surface area contributed by atoms with Crippen LogP contribution in [0.15, 0.2) is 59.2 Å². The van der Waals surface area contributed by atoms with E-state index in [1.807, 2.05) is 42.6 Å². The first kappa shape index (κ1) is 16.6. The number of carbonyl (C=O) groups excluding carboxylic acids is 1. The Bertz CT molecular complexity index is 828. The van der Waals surface area contributed by atoms with Gasteiger partial charge in [0.15, 0.2) is 0 Å². The number of aromatic nitrogens is 1. The topological polar surface area (TPSA) is 56.9 Å². The number of aromatic amines is 1. The van der Waals surface area contributed by atoms with Crippen molar-refractivity contribution >= 4 is 38.4 Å². The van der Waals surface area contributed by atoms with Gasteiger partial charge in [0.2, 0.25) is 5.91 Å². The first-order valence-corrected chi connectivity index (χ1v) is 8.83. The Morgan fingerprint density at radius 3 is 2.83 bits per heavy atom. The SMILES string of the molecule is O=C(CCNc1cccc(Br)c1)NCCc1c[nH]c2ccccc12. The Hall–Kier alpha value is -2.27. The summed E-state index contributed by atoms with van der Waals surface area (Å²) in [5.74, 6) is 0.0670. The Kier molecular flexibility index (Phi) is 5.54. The van der Waals surface area contributed by atoms with Crippen molar-refractivity contribution in [3.63, 3.8) is 0 Å². The minimum Gasteiger partial charge on any atom is -0.384 e. The summed E-state index contributed by atoms with van der Waals surface area (Å²) in [6.07, 6.45) is 3.31. The second kappa shape index (κ2) is 8.02. The van der Waals surface area contributed by atoms with Gasteiger partial charge >= 0.3 is 0 Å². The number of carbonyl (C=O) groups is 1. The molecule has 2 aromatic carbocycles. The van der Waals surface area contributed by atoms with E-state index in [1.165, 1.54) is 10.9 Å². The summed E-state index contributed by atoms with van der Waals surface area (Å²) >= 11 is 3.43. The van der Waals surface area contributed by atoms with Gasteiger partial charge in [0.25, 0.3) is 0 Å². The normalized spacial score (nSPS) is 10.7. The zero-order chi connectivity index (χ0) is 16.8. The van der Waals surface area contributed by atoms with E-state index >= 15 is 0 Å². The third kappa shape index (κ3) is 4.38. The minimum atomic E-state index is 0.0670. The molecule has 24 heavy (non-hydrogen) atoms. The number of rotatable bonds is 7. The van der Waals surface area contributed by atoms with Crippen molar-refractivity contribution in [1.29, 1.82) is 0 Å². The van der Waals surface area contributed by atoms with Crippen molar-refractivity contribution < 1.29 is 4.79 Å². The number of para-hydroxylation sites is 1. The molecule has 4 nitrogen and oxygen atoms in total. The smallest absolute Gasteiger partial charge is 0.221 e. The van der Waals surface area contributed by atoms with Crippen molar-refractivity contribution in [1.82, 2.24) is 10.3 Å². The zero-order valence-electron chi connectivity index (χ0n) is 13.3. The molecule has 0 bridgehead atoms. The standard InChI is InChI=1S/C19H20BrN3O/c20-15-4-3-5-16(12-15)21-11-9-19(24)22-10-8-14-13-23-18-7-2-1-6-17(14)18/h1-7,12-13,21,23H,8-11H2,(H,22,24). The summed E-state index contributed by atoms with van der Waals surface area (Å²) in [6.45, 7) is 1.27. The largest absolute Gasteiger partial charge is 0.384 e. The lowest BCUT2D eigenvalue weighted by Gasteiger charge is -2.08. The Morgan fingerprint density at radius 2 is 1.96 bits per heavy atom. The number of anilines is 1. The highest BCUT2D eigenvalue weighted by Gasteiger charge is 2.04. The van der Waals surface area contributed by atoms with Gasteiger partial charge in [-0.25, -0.2) is 0 Å². The van der Waals surface area contributed by atoms with E-state index in [-0.39, 0.29) is 5.91 Å². The number of nitrogens with one attached hydrogen (secondary N) is 3. The molecule has 0 saturated carbocycles. The number of H-pyrrole nitrogens is 1. The van der Waals surface area contributed by atoms with Crippen LogP contribution in [0, 0.1) is 0 Å². The average molecular weight is 386 g/mol. The van der Waals surface area contributed by atoms with Gasteiger partial charge in [0.1, 0.15) is 0 Å². The molecule has 124 valence electrons. The number of benzene rings is 2. The van der Waals surface area contributed by atoms with Crippen LogP contribution in [-0.2, 0) is 11.2 Å². The first-order valence-electron chi connectivity index (χ1n) is 8.03. The number of hydrogen-bond acceptors (Lipinski definition) is 2. The molecule has 0 aliphatic rings. The van der Waals surface area contributed by atoms with Crippen LogP contribution < -0.4 is 10.6 Å². The summed E-state index contributed by atoms with van der Waals surface area (Å²) in [7, 11) is 0. The van der Waals surface area contributed by atoms with Gasteiger partial charge in [-0.1, -0.05) is 40.2 Å². The zero-order valence-corrected chi connectivity index (χ0v) is 14.9. The number of hydrogen-bond donors (Lipinski definition) is 3. The molecule has 0 spiro atoms. The number of amides is 1. The van der Waals surface area contributed by atoms with Crippen LogP contribution in [-0.4, -0.2) is 24.0 Å². The van der Waals surface area contributed by atoms with E-state index in [1.54, 1.807) is 0 Å². The highest BCUT2D eigenvalue weighted by atomic mass is 79.9. The van der Waals surface area contributed by atoms with Crippen LogP contribution in [0.2, 0.25) is 0 Å². The van der Waals surface area contributed by atoms with Crippen molar-refractivity contribution in [2.75, 3.05) is 18.4 Å². The van der Waals surface area contributed by atoms with Crippen LogP contribution in [0.1, 0.15) is 12.0 Å². The van der Waals surface area contributed by atoms with Gasteiger partial charge in [-0.05, 0) is 36.2 Å². The van der Waals surface area contributed by atoms with Crippen LogP contribution in [0.25, 0.3) is 10.9 Å². The third-order valence-corrected chi connectivity index (χ3v) is 4.39.